The summed E-state index contributed by atoms with van der Waals surface area (Å²) < 4.78 is 13.3. The van der Waals surface area contributed by atoms with Gasteiger partial charge < -0.3 is 0 Å². The molecule has 0 amide bonds. The third-order valence-corrected chi connectivity index (χ3v) is 2.96. The highest BCUT2D eigenvalue weighted by molar-refractivity contribution is 6.31. The molecule has 0 spiro atoms. The van der Waals surface area contributed by atoms with Crippen LogP contribution in [-0.2, 0) is 6.42 Å². The molecule has 1 heterocycles. The molecule has 5 nitrogen and oxygen atoms in total. The van der Waals surface area contributed by atoms with Crippen molar-refractivity contribution in [1.29, 1.82) is 0 Å². The first-order valence-electron chi connectivity index (χ1n) is 5.54. The van der Waals surface area contributed by atoms with Gasteiger partial charge in [-0.1, -0.05) is 11.6 Å². The van der Waals surface area contributed by atoms with Crippen molar-refractivity contribution in [3.05, 3.63) is 68.7 Å². The summed E-state index contributed by atoms with van der Waals surface area (Å²) in [7, 11) is 0. The molecule has 7 heteroatoms. The Morgan fingerprint density at radius 3 is 2.80 bits per heavy atom. The summed E-state index contributed by atoms with van der Waals surface area (Å²) in [5, 5.41) is 11.0. The molecular weight excluding hydrogens is 287 g/mol. The third kappa shape index (κ3) is 3.16. The number of non-ortho nitro benzene ring substituents is 1. The number of hydrogen-bond donors (Lipinski definition) is 0. The molecule has 20 heavy (non-hydrogen) atoms. The summed E-state index contributed by atoms with van der Waals surface area (Å²) in [5.41, 5.74) is -0.00247. The maximum atomic E-state index is 13.3. The van der Waals surface area contributed by atoms with Gasteiger partial charge in [0.15, 0.2) is 5.78 Å². The number of carbonyl (C=O) groups is 1. The summed E-state index contributed by atoms with van der Waals surface area (Å²) in [5.74, 6) is -1.29. The van der Waals surface area contributed by atoms with Gasteiger partial charge in [0.1, 0.15) is 5.82 Å². The van der Waals surface area contributed by atoms with Crippen LogP contribution in [0.3, 0.4) is 0 Å². The molecule has 0 fully saturated rings. The molecule has 0 N–H and O–H groups in total. The Kier molecular flexibility index (Phi) is 4.05. The fraction of sp³-hybridized carbons (Fsp3) is 0.0769. The number of carbonyl (C=O) groups excluding carboxylic acids is 1. The van der Waals surface area contributed by atoms with E-state index in [9.17, 15) is 19.3 Å². The van der Waals surface area contributed by atoms with Gasteiger partial charge in [-0.2, -0.15) is 0 Å². The molecule has 2 aromatic rings. The topological polar surface area (TPSA) is 73.1 Å². The van der Waals surface area contributed by atoms with Crippen molar-refractivity contribution in [3.8, 4) is 0 Å². The van der Waals surface area contributed by atoms with Crippen molar-refractivity contribution >= 4 is 23.1 Å². The van der Waals surface area contributed by atoms with Gasteiger partial charge in [-0.15, -0.1) is 0 Å². The number of aromatic nitrogens is 1. The number of Topliss-reactive ketones (excluding diaryl/α,β-unsaturated/α-hetero) is 1. The van der Waals surface area contributed by atoms with Crippen LogP contribution in [0.1, 0.15) is 15.9 Å². The first-order chi connectivity index (χ1) is 9.47. The molecule has 2 rings (SSSR count). The normalized spacial score (nSPS) is 10.3. The average molecular weight is 295 g/mol. The zero-order chi connectivity index (χ0) is 14.7. The summed E-state index contributed by atoms with van der Waals surface area (Å²) in [4.78, 5) is 25.7. The monoisotopic (exact) mass is 294 g/mol. The van der Waals surface area contributed by atoms with Crippen molar-refractivity contribution in [1.82, 2.24) is 4.98 Å². The van der Waals surface area contributed by atoms with Gasteiger partial charge in [0.05, 0.1) is 16.0 Å². The lowest BCUT2D eigenvalue weighted by molar-refractivity contribution is -0.385. The highest BCUT2D eigenvalue weighted by Gasteiger charge is 2.16. The largest absolute Gasteiger partial charge is 0.294 e. The van der Waals surface area contributed by atoms with Crippen LogP contribution in [0, 0.1) is 15.9 Å². The number of rotatable bonds is 4. The minimum absolute atomic E-state index is 0.0652. The number of nitro benzene ring substituents is 1. The molecule has 0 aliphatic carbocycles. The number of hydrogen-bond acceptors (Lipinski definition) is 4. The molecule has 0 radical (unpaired) electrons. The van der Waals surface area contributed by atoms with Gasteiger partial charge in [0.25, 0.3) is 5.69 Å². The first kappa shape index (κ1) is 14.1. The smallest absolute Gasteiger partial charge is 0.273 e. The summed E-state index contributed by atoms with van der Waals surface area (Å²) >= 11 is 5.87. The number of nitro groups is 1. The van der Waals surface area contributed by atoms with Crippen molar-refractivity contribution in [2.24, 2.45) is 0 Å². The maximum Gasteiger partial charge on any atom is 0.273 e. The predicted octanol–water partition coefficient (Wildman–Crippen LogP) is 3.21. The zero-order valence-electron chi connectivity index (χ0n) is 10.0. The average Bonchev–Trinajstić information content (AvgIpc) is 2.40. The van der Waals surface area contributed by atoms with E-state index in [0.29, 0.717) is 10.6 Å². The Hall–Kier alpha value is -2.34. The number of ketones is 1. The second kappa shape index (κ2) is 5.75. The molecule has 1 aromatic heterocycles. The Morgan fingerprint density at radius 1 is 1.40 bits per heavy atom. The van der Waals surface area contributed by atoms with E-state index in [0.717, 1.165) is 18.2 Å². The molecule has 0 bridgehead atoms. The van der Waals surface area contributed by atoms with Crippen LogP contribution in [0.4, 0.5) is 10.1 Å². The molecule has 0 atom stereocenters. The molecule has 0 saturated carbocycles. The van der Waals surface area contributed by atoms with Crippen molar-refractivity contribution in [2.45, 2.75) is 6.42 Å². The van der Waals surface area contributed by atoms with Crippen LogP contribution in [0.15, 0.2) is 36.7 Å². The second-order valence-corrected chi connectivity index (χ2v) is 4.43. The Labute approximate surface area is 118 Å². The lowest BCUT2D eigenvalue weighted by Gasteiger charge is -2.04. The van der Waals surface area contributed by atoms with Crippen LogP contribution >= 0.6 is 11.6 Å². The SMILES string of the molecule is O=C(Cc1ccncc1Cl)c1cc(F)cc([N+](=O)[O-])c1. The molecule has 0 aliphatic heterocycles. The summed E-state index contributed by atoms with van der Waals surface area (Å²) in [6, 6.07) is 4.33. The van der Waals surface area contributed by atoms with E-state index >= 15 is 0 Å². The number of pyridine rings is 1. The highest BCUT2D eigenvalue weighted by Crippen LogP contribution is 2.20. The standard InChI is InChI=1S/C13H8ClFN2O3/c14-12-7-16-2-1-8(12)5-13(18)9-3-10(15)6-11(4-9)17(19)20/h1-4,6-7H,5H2. The van der Waals surface area contributed by atoms with Gasteiger partial charge in [0, 0.05) is 30.4 Å². The van der Waals surface area contributed by atoms with Crippen LogP contribution in [0.2, 0.25) is 5.02 Å². The summed E-state index contributed by atoms with van der Waals surface area (Å²) in [6.45, 7) is 0. The van der Waals surface area contributed by atoms with E-state index in [4.69, 9.17) is 11.6 Å². The lowest BCUT2D eigenvalue weighted by Crippen LogP contribution is -2.05. The molecule has 0 saturated heterocycles. The van der Waals surface area contributed by atoms with Gasteiger partial charge >= 0.3 is 0 Å². The lowest BCUT2D eigenvalue weighted by atomic mass is 10.0. The van der Waals surface area contributed by atoms with Gasteiger partial charge in [0.2, 0.25) is 0 Å². The van der Waals surface area contributed by atoms with Crippen molar-refractivity contribution < 1.29 is 14.1 Å². The quantitative estimate of drug-likeness (QED) is 0.493. The minimum Gasteiger partial charge on any atom is -0.294 e. The Bertz CT molecular complexity index is 691. The van der Waals surface area contributed by atoms with Gasteiger partial charge in [-0.25, -0.2) is 4.39 Å². The van der Waals surface area contributed by atoms with E-state index < -0.39 is 22.2 Å². The highest BCUT2D eigenvalue weighted by atomic mass is 35.5. The summed E-state index contributed by atoms with van der Waals surface area (Å²) in [6.07, 6.45) is 2.78. The fourth-order valence-electron chi connectivity index (χ4n) is 1.66. The maximum absolute atomic E-state index is 13.3. The second-order valence-electron chi connectivity index (χ2n) is 4.02. The van der Waals surface area contributed by atoms with E-state index in [1.165, 1.54) is 12.4 Å². The molecular formula is C13H8ClFN2O3. The Balaban J connectivity index is 2.30. The molecule has 0 aliphatic rings. The van der Waals surface area contributed by atoms with Gasteiger partial charge in [-0.05, 0) is 17.7 Å². The van der Waals surface area contributed by atoms with E-state index in [1.807, 2.05) is 0 Å². The third-order valence-electron chi connectivity index (χ3n) is 2.62. The van der Waals surface area contributed by atoms with Crippen LogP contribution in [0.5, 0.6) is 0 Å². The first-order valence-corrected chi connectivity index (χ1v) is 5.92. The number of halogens is 2. The minimum atomic E-state index is -0.830. The van der Waals surface area contributed by atoms with E-state index in [-0.39, 0.29) is 12.0 Å². The number of benzene rings is 1. The van der Waals surface area contributed by atoms with Crippen molar-refractivity contribution in [3.63, 3.8) is 0 Å². The van der Waals surface area contributed by atoms with Crippen molar-refractivity contribution in [2.75, 3.05) is 0 Å². The van der Waals surface area contributed by atoms with Crippen LogP contribution in [-0.4, -0.2) is 15.7 Å². The van der Waals surface area contributed by atoms with Gasteiger partial charge in [-0.3, -0.25) is 19.9 Å². The molecule has 0 unspecified atom stereocenters. The molecule has 1 aromatic carbocycles. The van der Waals surface area contributed by atoms with Crippen LogP contribution in [0.25, 0.3) is 0 Å². The van der Waals surface area contributed by atoms with E-state index in [2.05, 4.69) is 4.98 Å². The zero-order valence-corrected chi connectivity index (χ0v) is 10.8. The number of nitrogens with zero attached hydrogens (tertiary/aromatic N) is 2. The fourth-order valence-corrected chi connectivity index (χ4v) is 1.85. The van der Waals surface area contributed by atoms with E-state index in [1.54, 1.807) is 6.07 Å². The molecule has 102 valence electrons. The van der Waals surface area contributed by atoms with Crippen LogP contribution < -0.4 is 0 Å². The Morgan fingerprint density at radius 2 is 2.15 bits per heavy atom. The predicted molar refractivity (Wildman–Crippen MR) is 70.3 cm³/mol.